The van der Waals surface area contributed by atoms with Gasteiger partial charge < -0.3 is 4.74 Å². The Labute approximate surface area is 78.6 Å². The lowest BCUT2D eigenvalue weighted by Crippen LogP contribution is -2.38. The lowest BCUT2D eigenvalue weighted by molar-refractivity contribution is -0.151. The Morgan fingerprint density at radius 2 is 2.00 bits per heavy atom. The van der Waals surface area contributed by atoms with E-state index in [0.29, 0.717) is 5.92 Å². The summed E-state index contributed by atoms with van der Waals surface area (Å²) in [5, 5.41) is 0. The molecule has 0 aromatic carbocycles. The van der Waals surface area contributed by atoms with Crippen LogP contribution in [0, 0.1) is 29.6 Å². The largest absolute Gasteiger partial charge is 0.469 e. The van der Waals surface area contributed by atoms with Crippen LogP contribution in [0.1, 0.15) is 25.7 Å². The van der Waals surface area contributed by atoms with Crippen molar-refractivity contribution >= 4 is 5.97 Å². The van der Waals surface area contributed by atoms with E-state index >= 15 is 0 Å². The molecule has 2 heteroatoms. The molecule has 0 spiro atoms. The quantitative estimate of drug-likeness (QED) is 0.575. The summed E-state index contributed by atoms with van der Waals surface area (Å²) in [6.07, 6.45) is 5.19. The predicted molar refractivity (Wildman–Crippen MR) is 47.9 cm³/mol. The molecule has 72 valence electrons. The van der Waals surface area contributed by atoms with Crippen LogP contribution in [0.4, 0.5) is 0 Å². The SMILES string of the molecule is COC(=O)C1CC2CCC1C1CC21. The second kappa shape index (κ2) is 2.49. The maximum absolute atomic E-state index is 11.5. The Morgan fingerprint density at radius 1 is 1.15 bits per heavy atom. The second-order valence-corrected chi connectivity index (χ2v) is 4.93. The molecule has 13 heavy (non-hydrogen) atoms. The van der Waals surface area contributed by atoms with Gasteiger partial charge in [0.15, 0.2) is 0 Å². The zero-order valence-corrected chi connectivity index (χ0v) is 8.03. The number of ether oxygens (including phenoxy) is 1. The van der Waals surface area contributed by atoms with E-state index in [9.17, 15) is 4.79 Å². The van der Waals surface area contributed by atoms with Gasteiger partial charge >= 0.3 is 5.97 Å². The number of fused-ring (bicyclic) bond motifs is 2. The van der Waals surface area contributed by atoms with Gasteiger partial charge in [-0.2, -0.15) is 0 Å². The van der Waals surface area contributed by atoms with Crippen molar-refractivity contribution in [2.45, 2.75) is 25.7 Å². The van der Waals surface area contributed by atoms with E-state index in [0.717, 1.165) is 24.2 Å². The molecule has 5 atom stereocenters. The van der Waals surface area contributed by atoms with Crippen molar-refractivity contribution in [3.63, 3.8) is 0 Å². The lowest BCUT2D eigenvalue weighted by atomic mass is 9.65. The van der Waals surface area contributed by atoms with Gasteiger partial charge in [0.1, 0.15) is 0 Å². The van der Waals surface area contributed by atoms with Gasteiger partial charge in [-0.15, -0.1) is 0 Å². The molecule has 4 saturated carbocycles. The summed E-state index contributed by atoms with van der Waals surface area (Å²) in [7, 11) is 1.52. The first-order valence-electron chi connectivity index (χ1n) is 5.39. The molecule has 0 aliphatic heterocycles. The zero-order valence-electron chi connectivity index (χ0n) is 8.03. The summed E-state index contributed by atoms with van der Waals surface area (Å²) in [6.45, 7) is 0. The number of carbonyl (C=O) groups is 1. The number of esters is 1. The van der Waals surface area contributed by atoms with E-state index in [1.807, 2.05) is 0 Å². The maximum atomic E-state index is 11.5. The second-order valence-electron chi connectivity index (χ2n) is 4.93. The van der Waals surface area contributed by atoms with Crippen LogP contribution in [-0.2, 0) is 9.53 Å². The van der Waals surface area contributed by atoms with Crippen LogP contribution in [0.15, 0.2) is 0 Å². The van der Waals surface area contributed by atoms with Gasteiger partial charge in [0.2, 0.25) is 0 Å². The predicted octanol–water partition coefficient (Wildman–Crippen LogP) is 1.84. The molecular formula is C11H16O2. The van der Waals surface area contributed by atoms with Crippen molar-refractivity contribution in [1.82, 2.24) is 0 Å². The summed E-state index contributed by atoms with van der Waals surface area (Å²) in [5.74, 6) is 3.75. The van der Waals surface area contributed by atoms with Crippen LogP contribution < -0.4 is 0 Å². The van der Waals surface area contributed by atoms with Gasteiger partial charge in [0.05, 0.1) is 13.0 Å². The van der Waals surface area contributed by atoms with Gasteiger partial charge in [0, 0.05) is 0 Å². The van der Waals surface area contributed by atoms with Gasteiger partial charge in [-0.1, -0.05) is 0 Å². The molecule has 4 aliphatic carbocycles. The van der Waals surface area contributed by atoms with Crippen molar-refractivity contribution in [2.75, 3.05) is 7.11 Å². The van der Waals surface area contributed by atoms with Crippen LogP contribution in [-0.4, -0.2) is 13.1 Å². The number of carbonyl (C=O) groups excluding carboxylic acids is 1. The molecule has 0 radical (unpaired) electrons. The fourth-order valence-corrected chi connectivity index (χ4v) is 3.82. The maximum Gasteiger partial charge on any atom is 0.308 e. The van der Waals surface area contributed by atoms with Crippen molar-refractivity contribution in [3.8, 4) is 0 Å². The minimum absolute atomic E-state index is 0.0556. The van der Waals surface area contributed by atoms with E-state index < -0.39 is 0 Å². The molecule has 2 bridgehead atoms. The highest BCUT2D eigenvalue weighted by Gasteiger charge is 2.58. The number of hydrogen-bond donors (Lipinski definition) is 0. The average molecular weight is 180 g/mol. The first-order valence-corrected chi connectivity index (χ1v) is 5.39. The van der Waals surface area contributed by atoms with Crippen LogP contribution in [0.5, 0.6) is 0 Å². The average Bonchev–Trinajstić information content (AvgIpc) is 2.97. The summed E-state index contributed by atoms with van der Waals surface area (Å²) in [6, 6.07) is 0. The Kier molecular flexibility index (Phi) is 1.50. The highest BCUT2D eigenvalue weighted by molar-refractivity contribution is 5.73. The third kappa shape index (κ3) is 0.976. The molecule has 0 saturated heterocycles. The van der Waals surface area contributed by atoms with Gasteiger partial charge in [-0.3, -0.25) is 4.79 Å². The minimum Gasteiger partial charge on any atom is -0.469 e. The topological polar surface area (TPSA) is 26.3 Å². The summed E-state index contributed by atoms with van der Waals surface area (Å²) in [4.78, 5) is 11.5. The van der Waals surface area contributed by atoms with Crippen molar-refractivity contribution < 1.29 is 9.53 Å². The highest BCUT2D eigenvalue weighted by atomic mass is 16.5. The monoisotopic (exact) mass is 180 g/mol. The molecule has 4 rings (SSSR count). The van der Waals surface area contributed by atoms with Crippen molar-refractivity contribution in [2.24, 2.45) is 29.6 Å². The molecule has 0 N–H and O–H groups in total. The number of methoxy groups -OCH3 is 1. The Morgan fingerprint density at radius 3 is 2.69 bits per heavy atom. The van der Waals surface area contributed by atoms with E-state index in [4.69, 9.17) is 4.74 Å². The number of hydrogen-bond acceptors (Lipinski definition) is 2. The van der Waals surface area contributed by atoms with Gasteiger partial charge in [0.25, 0.3) is 0 Å². The van der Waals surface area contributed by atoms with Crippen molar-refractivity contribution in [3.05, 3.63) is 0 Å². The highest BCUT2D eigenvalue weighted by Crippen LogP contribution is 2.64. The van der Waals surface area contributed by atoms with E-state index in [1.54, 1.807) is 0 Å². The number of rotatable bonds is 1. The fraction of sp³-hybridized carbons (Fsp3) is 0.909. The Balaban J connectivity index is 1.81. The van der Waals surface area contributed by atoms with Gasteiger partial charge in [-0.25, -0.2) is 0 Å². The molecule has 0 aromatic heterocycles. The van der Waals surface area contributed by atoms with E-state index in [2.05, 4.69) is 0 Å². The first kappa shape index (κ1) is 7.84. The molecule has 4 fully saturated rings. The Hall–Kier alpha value is -0.530. The molecule has 5 unspecified atom stereocenters. The van der Waals surface area contributed by atoms with Crippen LogP contribution in [0.25, 0.3) is 0 Å². The third-order valence-corrected chi connectivity index (χ3v) is 4.49. The lowest BCUT2D eigenvalue weighted by Gasteiger charge is -2.40. The molecule has 0 heterocycles. The minimum atomic E-state index is 0.0556. The third-order valence-electron chi connectivity index (χ3n) is 4.49. The van der Waals surface area contributed by atoms with Crippen molar-refractivity contribution in [1.29, 1.82) is 0 Å². The van der Waals surface area contributed by atoms with Crippen LogP contribution in [0.2, 0.25) is 0 Å². The normalized spacial score (nSPS) is 51.3. The first-order chi connectivity index (χ1) is 6.31. The zero-order chi connectivity index (χ0) is 9.00. The fourth-order valence-electron chi connectivity index (χ4n) is 3.82. The summed E-state index contributed by atoms with van der Waals surface area (Å²) >= 11 is 0. The summed E-state index contributed by atoms with van der Waals surface area (Å²) in [5.41, 5.74) is 0. The molecule has 0 amide bonds. The molecule has 2 nitrogen and oxygen atoms in total. The van der Waals surface area contributed by atoms with E-state index in [-0.39, 0.29) is 11.9 Å². The van der Waals surface area contributed by atoms with Gasteiger partial charge in [-0.05, 0) is 49.4 Å². The summed E-state index contributed by atoms with van der Waals surface area (Å²) < 4.78 is 4.87. The standard InChI is InChI=1S/C11H16O2/c1-13-11(12)10-4-6-2-3-7(10)9-5-8(6)9/h6-10H,2-5H2,1H3. The molecule has 0 aromatic rings. The molecule has 4 aliphatic rings. The van der Waals surface area contributed by atoms with Crippen LogP contribution >= 0.6 is 0 Å². The smallest absolute Gasteiger partial charge is 0.308 e. The van der Waals surface area contributed by atoms with Crippen LogP contribution in [0.3, 0.4) is 0 Å². The van der Waals surface area contributed by atoms with E-state index in [1.165, 1.54) is 26.4 Å². The Bertz CT molecular complexity index is 248. The molecular weight excluding hydrogens is 164 g/mol.